The largest absolute Gasteiger partial charge is 0.496 e. The monoisotopic (exact) mass is 266 g/mol. The van der Waals surface area contributed by atoms with Crippen LogP contribution in [0.3, 0.4) is 0 Å². The molecular formula is C10H6ClF3O3. The fraction of sp³-hybridized carbons (Fsp3) is 0.200. The van der Waals surface area contributed by atoms with Crippen molar-refractivity contribution in [3.8, 4) is 5.75 Å². The van der Waals surface area contributed by atoms with E-state index in [-0.39, 0.29) is 11.8 Å². The van der Waals surface area contributed by atoms with Crippen molar-refractivity contribution in [1.82, 2.24) is 0 Å². The Morgan fingerprint density at radius 2 is 2.00 bits per heavy atom. The van der Waals surface area contributed by atoms with Crippen LogP contribution >= 0.6 is 11.6 Å². The van der Waals surface area contributed by atoms with Crippen molar-refractivity contribution in [2.45, 2.75) is 6.18 Å². The molecule has 0 N–H and O–H groups in total. The summed E-state index contributed by atoms with van der Waals surface area (Å²) in [6.45, 7) is 0. The summed E-state index contributed by atoms with van der Waals surface area (Å²) in [6.07, 6.45) is -4.47. The number of aldehydes is 1. The molecule has 0 aromatic heterocycles. The highest BCUT2D eigenvalue weighted by Crippen LogP contribution is 2.37. The maximum atomic E-state index is 12.6. The van der Waals surface area contributed by atoms with E-state index in [2.05, 4.69) is 4.74 Å². The van der Waals surface area contributed by atoms with E-state index in [9.17, 15) is 22.8 Å². The third-order valence-corrected chi connectivity index (χ3v) is 2.22. The lowest BCUT2D eigenvalue weighted by atomic mass is 10.0. The molecule has 1 aromatic carbocycles. The molecule has 0 aliphatic carbocycles. The number of halogens is 4. The van der Waals surface area contributed by atoms with Crippen molar-refractivity contribution in [3.63, 3.8) is 0 Å². The van der Waals surface area contributed by atoms with Crippen LogP contribution in [0.15, 0.2) is 12.1 Å². The molecule has 92 valence electrons. The van der Waals surface area contributed by atoms with Gasteiger partial charge in [-0.3, -0.25) is 9.59 Å². The molecule has 0 radical (unpaired) electrons. The van der Waals surface area contributed by atoms with E-state index in [1.165, 1.54) is 0 Å². The third kappa shape index (κ3) is 2.76. The number of benzene rings is 1. The van der Waals surface area contributed by atoms with Gasteiger partial charge in [-0.2, -0.15) is 13.2 Å². The van der Waals surface area contributed by atoms with Gasteiger partial charge >= 0.3 is 6.18 Å². The van der Waals surface area contributed by atoms with Gasteiger partial charge in [0.1, 0.15) is 5.75 Å². The van der Waals surface area contributed by atoms with Gasteiger partial charge in [-0.05, 0) is 23.7 Å². The van der Waals surface area contributed by atoms with E-state index < -0.39 is 28.3 Å². The Bertz CT molecular complexity index is 469. The molecule has 0 saturated heterocycles. The molecule has 0 aliphatic heterocycles. The summed E-state index contributed by atoms with van der Waals surface area (Å²) in [4.78, 5) is 21.5. The Kier molecular flexibility index (Phi) is 3.77. The molecule has 17 heavy (non-hydrogen) atoms. The molecular weight excluding hydrogens is 261 g/mol. The highest BCUT2D eigenvalue weighted by atomic mass is 35.5. The molecule has 0 fully saturated rings. The molecule has 7 heteroatoms. The molecule has 0 atom stereocenters. The first-order chi connectivity index (χ1) is 7.81. The predicted octanol–water partition coefficient (Wildman–Crippen LogP) is 2.91. The molecule has 0 heterocycles. The zero-order chi connectivity index (χ0) is 13.2. The van der Waals surface area contributed by atoms with Crippen LogP contribution in [0, 0.1) is 0 Å². The standard InChI is InChI=1S/C10H6ClF3O3/c1-17-8-2-5(4-15)6(9(11)16)3-7(8)10(12,13)14/h2-4H,1H3. The second kappa shape index (κ2) is 4.75. The van der Waals surface area contributed by atoms with Crippen molar-refractivity contribution >= 4 is 23.1 Å². The van der Waals surface area contributed by atoms with Crippen LogP contribution in [-0.4, -0.2) is 18.6 Å². The van der Waals surface area contributed by atoms with Gasteiger partial charge in [0.05, 0.1) is 12.7 Å². The first kappa shape index (κ1) is 13.5. The van der Waals surface area contributed by atoms with Gasteiger partial charge in [0.15, 0.2) is 6.29 Å². The normalized spacial score (nSPS) is 11.1. The quantitative estimate of drug-likeness (QED) is 0.624. The smallest absolute Gasteiger partial charge is 0.419 e. The summed E-state index contributed by atoms with van der Waals surface area (Å²) in [5, 5.41) is -1.14. The molecule has 0 amide bonds. The SMILES string of the molecule is COc1cc(C=O)c(C(=O)Cl)cc1C(F)(F)F. The van der Waals surface area contributed by atoms with Crippen molar-refractivity contribution in [2.24, 2.45) is 0 Å². The van der Waals surface area contributed by atoms with Gasteiger partial charge in [0.25, 0.3) is 5.24 Å². The predicted molar refractivity (Wildman–Crippen MR) is 53.6 cm³/mol. The molecule has 0 unspecified atom stereocenters. The minimum atomic E-state index is -4.70. The highest BCUT2D eigenvalue weighted by Gasteiger charge is 2.35. The van der Waals surface area contributed by atoms with Gasteiger partial charge in [0.2, 0.25) is 0 Å². The second-order valence-electron chi connectivity index (χ2n) is 3.03. The number of carbonyl (C=O) groups is 2. The minimum absolute atomic E-state index is 0.234. The second-order valence-corrected chi connectivity index (χ2v) is 3.37. The Morgan fingerprint density at radius 3 is 2.35 bits per heavy atom. The van der Waals surface area contributed by atoms with Crippen LogP contribution < -0.4 is 4.74 Å². The van der Waals surface area contributed by atoms with Crippen molar-refractivity contribution in [1.29, 1.82) is 0 Å². The Morgan fingerprint density at radius 1 is 1.41 bits per heavy atom. The maximum absolute atomic E-state index is 12.6. The lowest BCUT2D eigenvalue weighted by Crippen LogP contribution is -2.10. The summed E-state index contributed by atoms with van der Waals surface area (Å²) >= 11 is 5.10. The minimum Gasteiger partial charge on any atom is -0.496 e. The Hall–Kier alpha value is -1.56. The first-order valence-corrected chi connectivity index (χ1v) is 4.63. The molecule has 0 spiro atoms. The molecule has 1 aromatic rings. The summed E-state index contributed by atoms with van der Waals surface area (Å²) in [5.41, 5.74) is -1.92. The van der Waals surface area contributed by atoms with Gasteiger partial charge in [0, 0.05) is 11.1 Å². The Labute approximate surface area is 99.1 Å². The van der Waals surface area contributed by atoms with Gasteiger partial charge in [-0.1, -0.05) is 0 Å². The summed E-state index contributed by atoms with van der Waals surface area (Å²) < 4.78 is 42.3. The van der Waals surface area contributed by atoms with Crippen LogP contribution in [-0.2, 0) is 6.18 Å². The zero-order valence-corrected chi connectivity index (χ0v) is 9.22. The number of alkyl halides is 3. The maximum Gasteiger partial charge on any atom is 0.419 e. The molecule has 3 nitrogen and oxygen atoms in total. The van der Waals surface area contributed by atoms with Crippen molar-refractivity contribution in [3.05, 3.63) is 28.8 Å². The van der Waals surface area contributed by atoms with E-state index >= 15 is 0 Å². The Balaban J connectivity index is 3.56. The topological polar surface area (TPSA) is 43.4 Å². The number of hydrogen-bond acceptors (Lipinski definition) is 3. The third-order valence-electron chi connectivity index (χ3n) is 2.02. The molecule has 0 saturated carbocycles. The molecule has 0 bridgehead atoms. The molecule has 1 rings (SSSR count). The first-order valence-electron chi connectivity index (χ1n) is 4.25. The van der Waals surface area contributed by atoms with E-state index in [0.717, 1.165) is 13.2 Å². The summed E-state index contributed by atoms with van der Waals surface area (Å²) in [7, 11) is 1.03. The van der Waals surface area contributed by atoms with E-state index in [4.69, 9.17) is 11.6 Å². The van der Waals surface area contributed by atoms with E-state index in [1.54, 1.807) is 0 Å². The van der Waals surface area contributed by atoms with Gasteiger partial charge < -0.3 is 4.74 Å². The van der Waals surface area contributed by atoms with Crippen molar-refractivity contribution in [2.75, 3.05) is 7.11 Å². The van der Waals surface area contributed by atoms with E-state index in [0.29, 0.717) is 6.07 Å². The number of methoxy groups -OCH3 is 1. The lowest BCUT2D eigenvalue weighted by Gasteiger charge is -2.13. The lowest BCUT2D eigenvalue weighted by molar-refractivity contribution is -0.138. The molecule has 0 aliphatic rings. The average Bonchev–Trinajstić information content (AvgIpc) is 2.25. The fourth-order valence-corrected chi connectivity index (χ4v) is 1.42. The number of carbonyl (C=O) groups excluding carboxylic acids is 2. The van der Waals surface area contributed by atoms with Gasteiger partial charge in [-0.15, -0.1) is 0 Å². The summed E-state index contributed by atoms with van der Waals surface area (Å²) in [5.74, 6) is -0.540. The highest BCUT2D eigenvalue weighted by molar-refractivity contribution is 6.68. The van der Waals surface area contributed by atoms with Crippen LogP contribution in [0.1, 0.15) is 26.3 Å². The zero-order valence-electron chi connectivity index (χ0n) is 8.47. The average molecular weight is 267 g/mol. The van der Waals surface area contributed by atoms with Crippen LogP contribution in [0.2, 0.25) is 0 Å². The van der Waals surface area contributed by atoms with Gasteiger partial charge in [-0.25, -0.2) is 0 Å². The number of hydrogen-bond donors (Lipinski definition) is 0. The number of rotatable bonds is 3. The van der Waals surface area contributed by atoms with Crippen LogP contribution in [0.25, 0.3) is 0 Å². The van der Waals surface area contributed by atoms with E-state index in [1.807, 2.05) is 0 Å². The number of ether oxygens (including phenoxy) is 1. The fourth-order valence-electron chi connectivity index (χ4n) is 1.25. The van der Waals surface area contributed by atoms with Crippen LogP contribution in [0.5, 0.6) is 5.75 Å². The van der Waals surface area contributed by atoms with Crippen molar-refractivity contribution < 1.29 is 27.5 Å². The summed E-state index contributed by atoms with van der Waals surface area (Å²) in [6, 6.07) is 1.32. The van der Waals surface area contributed by atoms with Crippen LogP contribution in [0.4, 0.5) is 13.2 Å².